The van der Waals surface area contributed by atoms with E-state index >= 15 is 0 Å². The third kappa shape index (κ3) is 4.64. The minimum absolute atomic E-state index is 0.175. The average molecular weight is 223 g/mol. The molecule has 2 unspecified atom stereocenters. The van der Waals surface area contributed by atoms with Crippen molar-refractivity contribution in [3.8, 4) is 5.75 Å². The lowest BCUT2D eigenvalue weighted by molar-refractivity contribution is 0.104. The summed E-state index contributed by atoms with van der Waals surface area (Å²) < 4.78 is 5.44. The van der Waals surface area contributed by atoms with Crippen LogP contribution in [0.5, 0.6) is 5.75 Å². The molecule has 0 saturated carbocycles. The number of ether oxygens (including phenoxy) is 1. The molecule has 1 rings (SSSR count). The molecular formula is C13H21NO2. The lowest BCUT2D eigenvalue weighted by Gasteiger charge is -2.11. The van der Waals surface area contributed by atoms with Crippen LogP contribution in [0.1, 0.15) is 25.8 Å². The summed E-state index contributed by atoms with van der Waals surface area (Å²) >= 11 is 0. The maximum atomic E-state index is 9.35. The first-order chi connectivity index (χ1) is 7.61. The molecule has 0 amide bonds. The van der Waals surface area contributed by atoms with Crippen molar-refractivity contribution < 1.29 is 9.84 Å². The van der Waals surface area contributed by atoms with Crippen molar-refractivity contribution in [2.75, 3.05) is 6.61 Å². The van der Waals surface area contributed by atoms with Crippen LogP contribution in [0.25, 0.3) is 0 Å². The SMILES string of the molecule is CCC(O)COc1ccc(CC(C)N)cc1. The maximum Gasteiger partial charge on any atom is 0.119 e. The Balaban J connectivity index is 2.45. The number of hydrogen-bond acceptors (Lipinski definition) is 3. The van der Waals surface area contributed by atoms with Crippen molar-refractivity contribution >= 4 is 0 Å². The van der Waals surface area contributed by atoms with Gasteiger partial charge in [-0.05, 0) is 37.5 Å². The zero-order valence-corrected chi connectivity index (χ0v) is 10.0. The van der Waals surface area contributed by atoms with Crippen molar-refractivity contribution in [2.45, 2.75) is 38.8 Å². The van der Waals surface area contributed by atoms with Gasteiger partial charge >= 0.3 is 0 Å². The van der Waals surface area contributed by atoms with Gasteiger partial charge in [-0.3, -0.25) is 0 Å². The molecule has 0 aromatic heterocycles. The summed E-state index contributed by atoms with van der Waals surface area (Å²) in [5, 5.41) is 9.35. The Bertz CT molecular complexity index is 295. The highest BCUT2D eigenvalue weighted by Crippen LogP contribution is 2.13. The van der Waals surface area contributed by atoms with E-state index < -0.39 is 0 Å². The first kappa shape index (κ1) is 13.0. The Labute approximate surface area is 97.2 Å². The Morgan fingerprint density at radius 1 is 1.31 bits per heavy atom. The van der Waals surface area contributed by atoms with E-state index in [4.69, 9.17) is 10.5 Å². The van der Waals surface area contributed by atoms with Crippen LogP contribution in [0.15, 0.2) is 24.3 Å². The maximum absolute atomic E-state index is 9.35. The molecule has 0 aliphatic carbocycles. The molecule has 2 atom stereocenters. The summed E-state index contributed by atoms with van der Waals surface area (Å²) in [5.41, 5.74) is 6.92. The second-order valence-corrected chi connectivity index (χ2v) is 4.20. The molecule has 0 radical (unpaired) electrons. The van der Waals surface area contributed by atoms with Crippen LogP contribution in [0, 0.1) is 0 Å². The lowest BCUT2D eigenvalue weighted by atomic mass is 10.1. The predicted octanol–water partition coefficient (Wildman–Crippen LogP) is 1.73. The standard InChI is InChI=1S/C13H21NO2/c1-3-12(15)9-16-13-6-4-11(5-7-13)8-10(2)14/h4-7,10,12,15H,3,8-9,14H2,1-2H3. The summed E-state index contributed by atoms with van der Waals surface area (Å²) in [6.07, 6.45) is 1.20. The largest absolute Gasteiger partial charge is 0.491 e. The fourth-order valence-corrected chi connectivity index (χ4v) is 1.40. The normalized spacial score (nSPS) is 14.5. The Kier molecular flexibility index (Phi) is 5.29. The van der Waals surface area contributed by atoms with E-state index in [0.29, 0.717) is 13.0 Å². The Morgan fingerprint density at radius 3 is 2.44 bits per heavy atom. The van der Waals surface area contributed by atoms with Gasteiger partial charge in [-0.25, -0.2) is 0 Å². The Morgan fingerprint density at radius 2 is 1.94 bits per heavy atom. The summed E-state index contributed by atoms with van der Waals surface area (Å²) in [6, 6.07) is 8.03. The van der Waals surface area contributed by atoms with Gasteiger partial charge in [0.2, 0.25) is 0 Å². The number of nitrogens with two attached hydrogens (primary N) is 1. The molecule has 0 fully saturated rings. The van der Waals surface area contributed by atoms with Crippen LogP contribution in [0.3, 0.4) is 0 Å². The highest BCUT2D eigenvalue weighted by molar-refractivity contribution is 5.27. The zero-order chi connectivity index (χ0) is 12.0. The fourth-order valence-electron chi connectivity index (χ4n) is 1.40. The van der Waals surface area contributed by atoms with Crippen molar-refractivity contribution in [1.82, 2.24) is 0 Å². The van der Waals surface area contributed by atoms with Gasteiger partial charge in [-0.15, -0.1) is 0 Å². The third-order valence-electron chi connectivity index (χ3n) is 2.39. The molecule has 3 heteroatoms. The second-order valence-electron chi connectivity index (χ2n) is 4.20. The summed E-state index contributed by atoms with van der Waals surface area (Å²) in [4.78, 5) is 0. The average Bonchev–Trinajstić information content (AvgIpc) is 2.27. The predicted molar refractivity (Wildman–Crippen MR) is 65.6 cm³/mol. The van der Waals surface area contributed by atoms with Crippen LogP contribution in [-0.2, 0) is 6.42 Å². The van der Waals surface area contributed by atoms with Gasteiger partial charge in [0.05, 0.1) is 6.10 Å². The molecule has 0 spiro atoms. The second kappa shape index (κ2) is 6.51. The monoisotopic (exact) mass is 223 g/mol. The van der Waals surface area contributed by atoms with Crippen LogP contribution >= 0.6 is 0 Å². The smallest absolute Gasteiger partial charge is 0.119 e. The highest BCUT2D eigenvalue weighted by Gasteiger charge is 2.02. The molecule has 1 aromatic carbocycles. The number of aliphatic hydroxyl groups excluding tert-OH is 1. The van der Waals surface area contributed by atoms with Crippen LogP contribution in [0.4, 0.5) is 0 Å². The van der Waals surface area contributed by atoms with Crippen LogP contribution < -0.4 is 10.5 Å². The Hall–Kier alpha value is -1.06. The summed E-state index contributed by atoms with van der Waals surface area (Å²) in [5.74, 6) is 0.793. The van der Waals surface area contributed by atoms with Gasteiger partial charge in [0.1, 0.15) is 12.4 Å². The van der Waals surface area contributed by atoms with E-state index in [1.54, 1.807) is 0 Å². The van der Waals surface area contributed by atoms with Gasteiger partial charge in [0.15, 0.2) is 0 Å². The molecule has 0 heterocycles. The first-order valence-corrected chi connectivity index (χ1v) is 5.77. The molecule has 0 saturated heterocycles. The van der Waals surface area contributed by atoms with Crippen molar-refractivity contribution in [3.63, 3.8) is 0 Å². The highest BCUT2D eigenvalue weighted by atomic mass is 16.5. The van der Waals surface area contributed by atoms with Crippen molar-refractivity contribution in [2.24, 2.45) is 5.73 Å². The molecule has 3 nitrogen and oxygen atoms in total. The number of hydrogen-bond donors (Lipinski definition) is 2. The van der Waals surface area contributed by atoms with Crippen LogP contribution in [0.2, 0.25) is 0 Å². The van der Waals surface area contributed by atoms with E-state index in [9.17, 15) is 5.11 Å². The van der Waals surface area contributed by atoms with Crippen molar-refractivity contribution in [3.05, 3.63) is 29.8 Å². The van der Waals surface area contributed by atoms with Gasteiger partial charge in [0, 0.05) is 6.04 Å². The molecule has 16 heavy (non-hydrogen) atoms. The summed E-state index contributed by atoms with van der Waals surface area (Å²) in [6.45, 7) is 4.27. The molecule has 1 aromatic rings. The van der Waals surface area contributed by atoms with Gasteiger partial charge in [-0.1, -0.05) is 19.1 Å². The van der Waals surface area contributed by atoms with Crippen LogP contribution in [-0.4, -0.2) is 23.9 Å². The molecular weight excluding hydrogens is 202 g/mol. The van der Waals surface area contributed by atoms with E-state index in [1.165, 1.54) is 5.56 Å². The quantitative estimate of drug-likeness (QED) is 0.772. The minimum atomic E-state index is -0.385. The first-order valence-electron chi connectivity index (χ1n) is 5.77. The molecule has 90 valence electrons. The van der Waals surface area contributed by atoms with Gasteiger partial charge < -0.3 is 15.6 Å². The van der Waals surface area contributed by atoms with Crippen molar-refractivity contribution in [1.29, 1.82) is 0 Å². The fraction of sp³-hybridized carbons (Fsp3) is 0.538. The minimum Gasteiger partial charge on any atom is -0.491 e. The molecule has 3 N–H and O–H groups in total. The lowest BCUT2D eigenvalue weighted by Crippen LogP contribution is -2.18. The third-order valence-corrected chi connectivity index (χ3v) is 2.39. The number of aliphatic hydroxyl groups is 1. The summed E-state index contributed by atoms with van der Waals surface area (Å²) in [7, 11) is 0. The zero-order valence-electron chi connectivity index (χ0n) is 10.0. The molecule has 0 aliphatic heterocycles. The number of rotatable bonds is 6. The van der Waals surface area contributed by atoms with E-state index in [2.05, 4.69) is 0 Å². The number of benzene rings is 1. The van der Waals surface area contributed by atoms with Gasteiger partial charge in [-0.2, -0.15) is 0 Å². The molecule has 0 aliphatic rings. The topological polar surface area (TPSA) is 55.5 Å². The van der Waals surface area contributed by atoms with E-state index in [0.717, 1.165) is 12.2 Å². The van der Waals surface area contributed by atoms with Gasteiger partial charge in [0.25, 0.3) is 0 Å². The van der Waals surface area contributed by atoms with E-state index in [-0.39, 0.29) is 12.1 Å². The molecule has 0 bridgehead atoms. The van der Waals surface area contributed by atoms with E-state index in [1.807, 2.05) is 38.1 Å².